The molecule has 4 aliphatic rings. The number of hydrogen-bond donors (Lipinski definition) is 0. The highest BCUT2D eigenvalue weighted by Crippen LogP contribution is 2.74. The Labute approximate surface area is 107 Å². The van der Waals surface area contributed by atoms with Gasteiger partial charge < -0.3 is 4.74 Å². The third kappa shape index (κ3) is 1.43. The van der Waals surface area contributed by atoms with Crippen molar-refractivity contribution < 1.29 is 4.74 Å². The monoisotopic (exact) mass is 246 g/mol. The largest absolute Gasteiger partial charge is 0.378 e. The Hall–Kier alpha value is -0.470. The summed E-state index contributed by atoms with van der Waals surface area (Å²) in [4.78, 5) is 1.44. The van der Waals surface area contributed by atoms with Gasteiger partial charge in [0.05, 0.1) is 6.10 Å². The minimum absolute atomic E-state index is 0.594. The SMILES string of the molecule is CCOC1C2CC3C1C3C2Sc1ccccc1. The van der Waals surface area contributed by atoms with Gasteiger partial charge in [0.2, 0.25) is 0 Å². The van der Waals surface area contributed by atoms with Gasteiger partial charge in [-0.25, -0.2) is 0 Å². The average molecular weight is 246 g/mol. The van der Waals surface area contributed by atoms with E-state index in [2.05, 4.69) is 49.0 Å². The Morgan fingerprint density at radius 3 is 2.71 bits per heavy atom. The molecule has 17 heavy (non-hydrogen) atoms. The molecule has 0 radical (unpaired) electrons. The van der Waals surface area contributed by atoms with E-state index in [1.165, 1.54) is 11.3 Å². The number of thioether (sulfide) groups is 1. The van der Waals surface area contributed by atoms with E-state index in [0.29, 0.717) is 6.10 Å². The van der Waals surface area contributed by atoms with Gasteiger partial charge in [-0.05, 0) is 49.1 Å². The molecule has 6 unspecified atom stereocenters. The van der Waals surface area contributed by atoms with E-state index in [9.17, 15) is 0 Å². The van der Waals surface area contributed by atoms with Crippen LogP contribution in [0.5, 0.6) is 0 Å². The van der Waals surface area contributed by atoms with Gasteiger partial charge in [-0.3, -0.25) is 0 Å². The molecule has 0 saturated heterocycles. The van der Waals surface area contributed by atoms with Crippen molar-refractivity contribution in [3.8, 4) is 0 Å². The summed E-state index contributed by atoms with van der Waals surface area (Å²) in [6, 6.07) is 10.9. The second-order valence-corrected chi connectivity index (χ2v) is 6.79. The van der Waals surface area contributed by atoms with Gasteiger partial charge >= 0.3 is 0 Å². The topological polar surface area (TPSA) is 9.23 Å². The van der Waals surface area contributed by atoms with Gasteiger partial charge in [-0.1, -0.05) is 18.2 Å². The van der Waals surface area contributed by atoms with E-state index >= 15 is 0 Å². The first-order chi connectivity index (χ1) is 8.40. The van der Waals surface area contributed by atoms with Crippen molar-refractivity contribution in [2.24, 2.45) is 23.7 Å². The normalized spacial score (nSPS) is 45.2. The van der Waals surface area contributed by atoms with Gasteiger partial charge in [0.25, 0.3) is 0 Å². The Morgan fingerprint density at radius 2 is 2.00 bits per heavy atom. The van der Waals surface area contributed by atoms with Crippen molar-refractivity contribution in [1.29, 1.82) is 0 Å². The van der Waals surface area contributed by atoms with Crippen molar-refractivity contribution in [2.45, 2.75) is 29.6 Å². The fourth-order valence-electron chi connectivity index (χ4n) is 4.26. The molecule has 4 aliphatic carbocycles. The molecule has 5 rings (SSSR count). The fraction of sp³-hybridized carbons (Fsp3) is 0.600. The summed E-state index contributed by atoms with van der Waals surface area (Å²) in [5.41, 5.74) is 0. The summed E-state index contributed by atoms with van der Waals surface area (Å²) in [7, 11) is 0. The summed E-state index contributed by atoms with van der Waals surface area (Å²) < 4.78 is 5.97. The third-order valence-corrected chi connectivity index (χ3v) is 6.29. The molecule has 4 saturated carbocycles. The molecule has 90 valence electrons. The van der Waals surface area contributed by atoms with Crippen LogP contribution in [-0.4, -0.2) is 18.0 Å². The molecular formula is C15H18OS. The lowest BCUT2D eigenvalue weighted by molar-refractivity contribution is 0.0372. The molecule has 1 aromatic carbocycles. The Kier molecular flexibility index (Phi) is 2.31. The van der Waals surface area contributed by atoms with Gasteiger partial charge in [0.1, 0.15) is 0 Å². The van der Waals surface area contributed by atoms with Crippen molar-refractivity contribution in [2.75, 3.05) is 6.61 Å². The molecule has 0 N–H and O–H groups in total. The molecule has 0 spiro atoms. The van der Waals surface area contributed by atoms with Gasteiger partial charge in [-0.2, -0.15) is 0 Å². The van der Waals surface area contributed by atoms with Crippen LogP contribution in [-0.2, 0) is 4.74 Å². The van der Waals surface area contributed by atoms with Crippen LogP contribution in [0.15, 0.2) is 35.2 Å². The lowest BCUT2D eigenvalue weighted by atomic mass is 10.1. The molecular weight excluding hydrogens is 228 g/mol. The van der Waals surface area contributed by atoms with Crippen molar-refractivity contribution in [3.05, 3.63) is 30.3 Å². The maximum atomic E-state index is 5.97. The zero-order valence-electron chi connectivity index (χ0n) is 10.1. The Balaban J connectivity index is 1.51. The summed E-state index contributed by atoms with van der Waals surface area (Å²) in [5, 5.41) is 0.837. The summed E-state index contributed by atoms with van der Waals surface area (Å²) >= 11 is 2.10. The highest BCUT2D eigenvalue weighted by atomic mass is 32.2. The van der Waals surface area contributed by atoms with E-state index in [-0.39, 0.29) is 0 Å². The number of ether oxygens (including phenoxy) is 1. The van der Waals surface area contributed by atoms with Crippen molar-refractivity contribution >= 4 is 11.8 Å². The van der Waals surface area contributed by atoms with Crippen molar-refractivity contribution in [1.82, 2.24) is 0 Å². The van der Waals surface area contributed by atoms with E-state index < -0.39 is 0 Å². The predicted molar refractivity (Wildman–Crippen MR) is 70.1 cm³/mol. The summed E-state index contributed by atoms with van der Waals surface area (Å²) in [6.07, 6.45) is 2.03. The number of benzene rings is 1. The maximum absolute atomic E-state index is 5.97. The average Bonchev–Trinajstić information content (AvgIpc) is 2.65. The van der Waals surface area contributed by atoms with E-state index in [1.807, 2.05) is 0 Å². The summed E-state index contributed by atoms with van der Waals surface area (Å²) in [6.45, 7) is 3.02. The molecule has 4 bridgehead atoms. The van der Waals surface area contributed by atoms with E-state index in [4.69, 9.17) is 4.74 Å². The lowest BCUT2D eigenvalue weighted by Gasteiger charge is -2.20. The molecule has 1 nitrogen and oxygen atoms in total. The first-order valence-corrected chi connectivity index (χ1v) is 7.61. The van der Waals surface area contributed by atoms with Crippen molar-refractivity contribution in [3.63, 3.8) is 0 Å². The number of rotatable bonds is 4. The molecule has 2 heteroatoms. The van der Waals surface area contributed by atoms with Gasteiger partial charge in [0, 0.05) is 16.8 Å². The second kappa shape index (κ2) is 3.76. The van der Waals surface area contributed by atoms with Crippen LogP contribution in [0, 0.1) is 23.7 Å². The van der Waals surface area contributed by atoms with Crippen LogP contribution >= 0.6 is 11.8 Å². The molecule has 0 amide bonds. The van der Waals surface area contributed by atoms with Crippen LogP contribution in [0.2, 0.25) is 0 Å². The van der Waals surface area contributed by atoms with Crippen LogP contribution in [0.1, 0.15) is 13.3 Å². The smallest absolute Gasteiger partial charge is 0.0648 e. The predicted octanol–water partition coefficient (Wildman–Crippen LogP) is 3.45. The van der Waals surface area contributed by atoms with Crippen LogP contribution < -0.4 is 0 Å². The lowest BCUT2D eigenvalue weighted by Crippen LogP contribution is -2.21. The molecule has 1 aromatic rings. The standard InChI is InChI=1S/C15H18OS/c1-2-16-14-11-8-10-12(14)13(10)15(11)17-9-6-4-3-5-7-9/h3-7,10-15H,2,8H2,1H3. The van der Waals surface area contributed by atoms with Crippen LogP contribution in [0.25, 0.3) is 0 Å². The third-order valence-electron chi connectivity index (χ3n) is 4.81. The van der Waals surface area contributed by atoms with E-state index in [0.717, 1.165) is 35.5 Å². The highest BCUT2D eigenvalue weighted by molar-refractivity contribution is 8.00. The first-order valence-electron chi connectivity index (χ1n) is 6.73. The Bertz CT molecular complexity index is 418. The van der Waals surface area contributed by atoms with Crippen LogP contribution in [0.3, 0.4) is 0 Å². The zero-order chi connectivity index (χ0) is 11.4. The molecule has 0 aliphatic heterocycles. The molecule has 0 aromatic heterocycles. The number of hydrogen-bond acceptors (Lipinski definition) is 2. The molecule has 0 heterocycles. The molecule has 4 fully saturated rings. The van der Waals surface area contributed by atoms with E-state index in [1.54, 1.807) is 0 Å². The van der Waals surface area contributed by atoms with Crippen LogP contribution in [0.4, 0.5) is 0 Å². The van der Waals surface area contributed by atoms with Gasteiger partial charge in [0.15, 0.2) is 0 Å². The maximum Gasteiger partial charge on any atom is 0.0648 e. The fourth-order valence-corrected chi connectivity index (χ4v) is 5.87. The second-order valence-electron chi connectivity index (χ2n) is 5.53. The quantitative estimate of drug-likeness (QED) is 0.804. The zero-order valence-corrected chi connectivity index (χ0v) is 10.9. The molecule has 6 atom stereocenters. The highest BCUT2D eigenvalue weighted by Gasteiger charge is 2.74. The minimum Gasteiger partial charge on any atom is -0.378 e. The Morgan fingerprint density at radius 1 is 1.18 bits per heavy atom. The minimum atomic E-state index is 0.594. The van der Waals surface area contributed by atoms with Gasteiger partial charge in [-0.15, -0.1) is 11.8 Å². The first kappa shape index (κ1) is 10.5. The summed E-state index contributed by atoms with van der Waals surface area (Å²) in [5.74, 6) is 3.74.